The molecule has 0 aliphatic carbocycles. The van der Waals surface area contributed by atoms with Gasteiger partial charge in [0.2, 0.25) is 0 Å². The topological polar surface area (TPSA) is 0 Å². The van der Waals surface area contributed by atoms with Gasteiger partial charge in [-0.05, 0) is 48.0 Å². The summed E-state index contributed by atoms with van der Waals surface area (Å²) in [6, 6.07) is 0. The molecule has 0 aliphatic heterocycles. The van der Waals surface area contributed by atoms with E-state index in [1.807, 2.05) is 19.1 Å². The average Bonchev–Trinajstić information content (AvgIpc) is 2.60. The van der Waals surface area contributed by atoms with Crippen LogP contribution in [-0.4, -0.2) is 0 Å². The van der Waals surface area contributed by atoms with Crippen molar-refractivity contribution in [2.45, 2.75) is 40.5 Å². The number of allylic oxidation sites excluding steroid dienone is 12. The first-order valence-electron chi connectivity index (χ1n) is 9.30. The molecule has 0 aromatic carbocycles. The van der Waals surface area contributed by atoms with Gasteiger partial charge in [-0.25, -0.2) is 4.39 Å². The molecule has 0 saturated carbocycles. The van der Waals surface area contributed by atoms with E-state index in [1.165, 1.54) is 6.08 Å². The normalized spacial score (nSPS) is 13.2. The maximum Gasteiger partial charge on any atom is 0.131 e. The fourth-order valence-electron chi connectivity index (χ4n) is 2.08. The summed E-state index contributed by atoms with van der Waals surface area (Å²) >= 11 is 0. The molecule has 0 heterocycles. The molecule has 0 radical (unpaired) electrons. The Labute approximate surface area is 166 Å². The zero-order chi connectivity index (χ0) is 21.1. The Hall–Kier alpha value is -2.41. The van der Waals surface area contributed by atoms with Gasteiger partial charge in [-0.15, -0.1) is 0 Å². The minimum Gasteiger partial charge on any atom is -0.206 e. The predicted molar refractivity (Wildman–Crippen MR) is 121 cm³/mol. The van der Waals surface area contributed by atoms with Crippen LogP contribution in [0.1, 0.15) is 40.5 Å². The molecule has 0 bridgehead atoms. The smallest absolute Gasteiger partial charge is 0.131 e. The monoisotopic (exact) mass is 366 g/mol. The molecule has 0 nitrogen and oxygen atoms in total. The van der Waals surface area contributed by atoms with Crippen LogP contribution in [0.15, 0.2) is 109 Å². The molecule has 0 saturated heterocycles. The zero-order valence-corrected chi connectivity index (χ0v) is 17.6. The summed E-state index contributed by atoms with van der Waals surface area (Å²) in [7, 11) is 0. The minimum absolute atomic E-state index is 0.228. The molecule has 0 aromatic heterocycles. The van der Waals surface area contributed by atoms with Gasteiger partial charge in [-0.1, -0.05) is 102 Å². The van der Waals surface area contributed by atoms with Crippen molar-refractivity contribution in [3.63, 3.8) is 0 Å². The van der Waals surface area contributed by atoms with Crippen LogP contribution >= 0.6 is 0 Å². The molecule has 1 unspecified atom stereocenters. The van der Waals surface area contributed by atoms with Crippen LogP contribution < -0.4 is 0 Å². The fraction of sp³-hybridized carbons (Fsp3) is 0.308. The van der Waals surface area contributed by atoms with Gasteiger partial charge in [0.05, 0.1) is 0 Å². The van der Waals surface area contributed by atoms with Gasteiger partial charge in [0.1, 0.15) is 5.83 Å². The van der Waals surface area contributed by atoms with E-state index in [9.17, 15) is 4.39 Å². The maximum absolute atomic E-state index is 14.4. The predicted octanol–water partition coefficient (Wildman–Crippen LogP) is 8.38. The van der Waals surface area contributed by atoms with Gasteiger partial charge >= 0.3 is 0 Å². The Kier molecular flexibility index (Phi) is 11.0. The molecular weight excluding hydrogens is 331 g/mol. The molecule has 0 N–H and O–H groups in total. The van der Waals surface area contributed by atoms with Gasteiger partial charge in [0, 0.05) is 5.57 Å². The van der Waals surface area contributed by atoms with Crippen molar-refractivity contribution >= 4 is 0 Å². The van der Waals surface area contributed by atoms with Crippen LogP contribution in [0.2, 0.25) is 0 Å². The van der Waals surface area contributed by atoms with Gasteiger partial charge < -0.3 is 0 Å². The lowest BCUT2D eigenvalue weighted by atomic mass is 9.93. The Balaban J connectivity index is 4.90. The first kappa shape index (κ1) is 24.6. The third kappa shape index (κ3) is 10.4. The molecule has 146 valence electrons. The summed E-state index contributed by atoms with van der Waals surface area (Å²) in [6.07, 6.45) is 10.8. The lowest BCUT2D eigenvalue weighted by Crippen LogP contribution is -1.99. The summed E-state index contributed by atoms with van der Waals surface area (Å²) in [6.45, 7) is 31.8. The SMILES string of the molecule is C=C(C)/C=C\C(=C)C(=C)/C=C(/F)C(=C)C(=C)/C=C\C(=C)C(C)CCC(C)C. The third-order valence-electron chi connectivity index (χ3n) is 4.27. The maximum atomic E-state index is 14.4. The lowest BCUT2D eigenvalue weighted by molar-refractivity contribution is 0.494. The molecular formula is C26H35F. The quantitative estimate of drug-likeness (QED) is 0.304. The van der Waals surface area contributed by atoms with Gasteiger partial charge in [0.25, 0.3) is 0 Å². The van der Waals surface area contributed by atoms with E-state index in [2.05, 4.69) is 60.2 Å². The van der Waals surface area contributed by atoms with Crippen LogP contribution in [0.3, 0.4) is 0 Å². The van der Waals surface area contributed by atoms with Crippen LogP contribution in [0.5, 0.6) is 0 Å². The van der Waals surface area contributed by atoms with Crippen molar-refractivity contribution in [2.75, 3.05) is 0 Å². The second kappa shape index (κ2) is 12.1. The van der Waals surface area contributed by atoms with E-state index in [1.54, 1.807) is 12.2 Å². The van der Waals surface area contributed by atoms with Crippen molar-refractivity contribution in [3.05, 3.63) is 109 Å². The van der Waals surface area contributed by atoms with Gasteiger partial charge in [0.15, 0.2) is 0 Å². The summed E-state index contributed by atoms with van der Waals surface area (Å²) in [4.78, 5) is 0. The molecule has 0 aliphatic rings. The number of hydrogen-bond acceptors (Lipinski definition) is 0. The van der Waals surface area contributed by atoms with E-state index >= 15 is 0 Å². The average molecular weight is 367 g/mol. The second-order valence-corrected chi connectivity index (χ2v) is 7.51. The summed E-state index contributed by atoms with van der Waals surface area (Å²) < 4.78 is 14.4. The molecule has 1 heteroatoms. The Morgan fingerprint density at radius 1 is 0.778 bits per heavy atom. The molecule has 0 rings (SSSR count). The first-order valence-corrected chi connectivity index (χ1v) is 9.30. The van der Waals surface area contributed by atoms with Crippen molar-refractivity contribution in [1.82, 2.24) is 0 Å². The zero-order valence-electron chi connectivity index (χ0n) is 17.6. The second-order valence-electron chi connectivity index (χ2n) is 7.51. The largest absolute Gasteiger partial charge is 0.206 e. The van der Waals surface area contributed by atoms with Gasteiger partial charge in [-0.3, -0.25) is 0 Å². The van der Waals surface area contributed by atoms with Crippen molar-refractivity contribution < 1.29 is 4.39 Å². The Morgan fingerprint density at radius 3 is 1.85 bits per heavy atom. The van der Waals surface area contributed by atoms with E-state index < -0.39 is 5.83 Å². The fourth-order valence-corrected chi connectivity index (χ4v) is 2.08. The highest BCUT2D eigenvalue weighted by Crippen LogP contribution is 2.24. The van der Waals surface area contributed by atoms with Crippen molar-refractivity contribution in [1.29, 1.82) is 0 Å². The van der Waals surface area contributed by atoms with E-state index in [4.69, 9.17) is 0 Å². The highest BCUT2D eigenvalue weighted by Gasteiger charge is 2.08. The van der Waals surface area contributed by atoms with Crippen LogP contribution in [0.25, 0.3) is 0 Å². The molecule has 27 heavy (non-hydrogen) atoms. The van der Waals surface area contributed by atoms with Crippen LogP contribution in [-0.2, 0) is 0 Å². The highest BCUT2D eigenvalue weighted by molar-refractivity contribution is 5.52. The Bertz CT molecular complexity index is 704. The number of hydrogen-bond donors (Lipinski definition) is 0. The minimum atomic E-state index is -0.474. The number of rotatable bonds is 12. The van der Waals surface area contributed by atoms with Crippen molar-refractivity contribution in [3.8, 4) is 0 Å². The Morgan fingerprint density at radius 2 is 1.33 bits per heavy atom. The van der Waals surface area contributed by atoms with E-state index in [0.29, 0.717) is 28.6 Å². The molecule has 0 spiro atoms. The summed E-state index contributed by atoms with van der Waals surface area (Å²) in [5.74, 6) is 0.581. The summed E-state index contributed by atoms with van der Waals surface area (Å²) in [5.41, 5.74) is 3.74. The highest BCUT2D eigenvalue weighted by atomic mass is 19.1. The van der Waals surface area contributed by atoms with Crippen molar-refractivity contribution in [2.24, 2.45) is 11.8 Å². The van der Waals surface area contributed by atoms with E-state index in [-0.39, 0.29) is 5.57 Å². The molecule has 0 fully saturated rings. The molecule has 1 atom stereocenters. The lowest BCUT2D eigenvalue weighted by Gasteiger charge is -2.13. The molecule has 0 amide bonds. The van der Waals surface area contributed by atoms with Crippen LogP contribution in [0, 0.1) is 11.8 Å². The van der Waals surface area contributed by atoms with Gasteiger partial charge in [-0.2, -0.15) is 0 Å². The first-order chi connectivity index (χ1) is 12.5. The van der Waals surface area contributed by atoms with E-state index in [0.717, 1.165) is 24.0 Å². The number of halogens is 1. The summed E-state index contributed by atoms with van der Waals surface area (Å²) in [5, 5.41) is 0. The third-order valence-corrected chi connectivity index (χ3v) is 4.27. The van der Waals surface area contributed by atoms with Crippen LogP contribution in [0.4, 0.5) is 4.39 Å². The standard InChI is InChI=1S/C26H35F/c1-18(2)11-13-20(5)21(6)15-16-23(8)25(10)26(27)17-24(9)22(7)14-12-19(3)4/h12,14-18,20H,3,6-11,13H2,1-2,4-5H3/b14-12-,16-15-,26-17+. The molecule has 0 aromatic rings.